The number of amides is 1. The number of nitrogens with one attached hydrogen (secondary N) is 3. The first-order valence-corrected chi connectivity index (χ1v) is 11.1. The van der Waals surface area contributed by atoms with Crippen molar-refractivity contribution >= 4 is 28.3 Å². The molecule has 0 aromatic carbocycles. The van der Waals surface area contributed by atoms with Gasteiger partial charge in [-0.3, -0.25) is 15.1 Å². The second-order valence-electron chi connectivity index (χ2n) is 8.86. The van der Waals surface area contributed by atoms with Gasteiger partial charge in [0, 0.05) is 50.2 Å². The van der Waals surface area contributed by atoms with Crippen molar-refractivity contribution in [3.63, 3.8) is 0 Å². The molecule has 0 radical (unpaired) electrons. The van der Waals surface area contributed by atoms with Crippen LogP contribution in [-0.2, 0) is 16.2 Å². The number of rotatable bonds is 5. The van der Waals surface area contributed by atoms with Gasteiger partial charge in [-0.2, -0.15) is 5.10 Å². The average Bonchev–Trinajstić information content (AvgIpc) is 3.33. The summed E-state index contributed by atoms with van der Waals surface area (Å²) in [5.41, 5.74) is 6.74. The highest BCUT2D eigenvalue weighted by Crippen LogP contribution is 2.43. The fourth-order valence-electron chi connectivity index (χ4n) is 5.05. The summed E-state index contributed by atoms with van der Waals surface area (Å²) >= 11 is 0. The predicted octanol–water partition coefficient (Wildman–Crippen LogP) is 3.11. The number of aryl methyl sites for hydroxylation is 1. The number of hydroxylamine groups is 1. The molecule has 2 aliphatic carbocycles. The van der Waals surface area contributed by atoms with E-state index >= 15 is 0 Å². The first kappa shape index (κ1) is 19.4. The second kappa shape index (κ2) is 7.58. The summed E-state index contributed by atoms with van der Waals surface area (Å²) in [5, 5.41) is 12.4. The molecule has 2 aromatic rings. The maximum atomic E-state index is 11.3. The Balaban J connectivity index is 1.47. The maximum Gasteiger partial charge on any atom is 0.217 e. The number of carbonyl (C=O) groups is 1. The summed E-state index contributed by atoms with van der Waals surface area (Å²) in [6.45, 7) is 4.42. The minimum Gasteiger partial charge on any atom is -0.381 e. The molecule has 160 valence electrons. The van der Waals surface area contributed by atoms with Crippen molar-refractivity contribution in [3.05, 3.63) is 24.0 Å². The quantitative estimate of drug-likeness (QED) is 0.701. The van der Waals surface area contributed by atoms with Crippen LogP contribution in [-0.4, -0.2) is 38.4 Å². The molecule has 3 aliphatic rings. The van der Waals surface area contributed by atoms with Crippen LogP contribution >= 0.6 is 0 Å². The highest BCUT2D eigenvalue weighted by atomic mass is 16.7. The van der Waals surface area contributed by atoms with E-state index in [2.05, 4.69) is 34.2 Å². The molecule has 2 aromatic heterocycles. The van der Waals surface area contributed by atoms with Gasteiger partial charge in [-0.1, -0.05) is 19.3 Å². The number of nitrogens with zero attached hydrogens (tertiary/aromatic N) is 3. The third-order valence-electron chi connectivity index (χ3n) is 6.57. The van der Waals surface area contributed by atoms with Gasteiger partial charge in [-0.15, -0.1) is 0 Å². The summed E-state index contributed by atoms with van der Waals surface area (Å²) in [7, 11) is 0. The summed E-state index contributed by atoms with van der Waals surface area (Å²) in [6, 6.07) is 0.640. The van der Waals surface area contributed by atoms with Crippen LogP contribution in [0.15, 0.2) is 18.5 Å². The Hall–Kier alpha value is -2.61. The molecule has 2 fully saturated rings. The van der Waals surface area contributed by atoms with Gasteiger partial charge in [0.1, 0.15) is 5.60 Å². The lowest BCUT2D eigenvalue weighted by atomic mass is 9.75. The van der Waals surface area contributed by atoms with Gasteiger partial charge in [-0.05, 0) is 25.8 Å². The van der Waals surface area contributed by atoms with E-state index in [1.165, 1.54) is 32.1 Å². The van der Waals surface area contributed by atoms with Crippen LogP contribution in [0.3, 0.4) is 0 Å². The third kappa shape index (κ3) is 3.43. The van der Waals surface area contributed by atoms with E-state index in [0.29, 0.717) is 6.04 Å². The van der Waals surface area contributed by atoms with E-state index in [9.17, 15) is 4.79 Å². The highest BCUT2D eigenvalue weighted by molar-refractivity contribution is 5.95. The lowest BCUT2D eigenvalue weighted by molar-refractivity contribution is -0.126. The lowest BCUT2D eigenvalue weighted by Crippen LogP contribution is -2.54. The Morgan fingerprint density at radius 1 is 1.27 bits per heavy atom. The third-order valence-corrected chi connectivity index (χ3v) is 6.57. The second-order valence-corrected chi connectivity index (χ2v) is 8.86. The summed E-state index contributed by atoms with van der Waals surface area (Å²) in [4.78, 5) is 22.0. The summed E-state index contributed by atoms with van der Waals surface area (Å²) in [6.07, 6.45) is 13.8. The van der Waals surface area contributed by atoms with Gasteiger partial charge in [0.05, 0.1) is 23.0 Å². The van der Waals surface area contributed by atoms with Crippen molar-refractivity contribution in [3.8, 4) is 0 Å². The zero-order valence-corrected chi connectivity index (χ0v) is 17.7. The molecule has 8 nitrogen and oxygen atoms in total. The van der Waals surface area contributed by atoms with E-state index < -0.39 is 0 Å². The molecule has 0 atom stereocenters. The first-order valence-electron chi connectivity index (χ1n) is 11.1. The van der Waals surface area contributed by atoms with Crippen LogP contribution in [0.4, 0.5) is 5.69 Å². The Morgan fingerprint density at radius 2 is 2.07 bits per heavy atom. The van der Waals surface area contributed by atoms with Crippen molar-refractivity contribution in [1.29, 1.82) is 0 Å². The van der Waals surface area contributed by atoms with Gasteiger partial charge in [0.15, 0.2) is 5.65 Å². The molecule has 1 aliphatic heterocycles. The van der Waals surface area contributed by atoms with Crippen LogP contribution in [0, 0.1) is 0 Å². The Kier molecular flexibility index (Phi) is 4.89. The lowest BCUT2D eigenvalue weighted by Gasteiger charge is -2.41. The van der Waals surface area contributed by atoms with E-state index in [1.54, 1.807) is 6.92 Å². The maximum absolute atomic E-state index is 11.3. The molecule has 0 bridgehead atoms. The van der Waals surface area contributed by atoms with Crippen LogP contribution in [0.25, 0.3) is 16.7 Å². The highest BCUT2D eigenvalue weighted by Gasteiger charge is 2.48. The largest absolute Gasteiger partial charge is 0.381 e. The van der Waals surface area contributed by atoms with Gasteiger partial charge < -0.3 is 10.6 Å². The Morgan fingerprint density at radius 3 is 2.80 bits per heavy atom. The summed E-state index contributed by atoms with van der Waals surface area (Å²) in [5.74, 6) is 0.00608. The van der Waals surface area contributed by atoms with Crippen molar-refractivity contribution in [2.24, 2.45) is 0 Å². The van der Waals surface area contributed by atoms with Crippen molar-refractivity contribution in [2.75, 3.05) is 5.32 Å². The van der Waals surface area contributed by atoms with Gasteiger partial charge in [0.25, 0.3) is 0 Å². The molecule has 3 heterocycles. The molecule has 5 rings (SSSR count). The van der Waals surface area contributed by atoms with E-state index in [4.69, 9.17) is 9.82 Å². The van der Waals surface area contributed by atoms with Crippen molar-refractivity contribution < 1.29 is 9.63 Å². The molecule has 1 amide bonds. The molecule has 1 spiro atoms. The summed E-state index contributed by atoms with van der Waals surface area (Å²) < 4.78 is 1.93. The molecule has 0 saturated heterocycles. The van der Waals surface area contributed by atoms with E-state index in [1.807, 2.05) is 17.1 Å². The van der Waals surface area contributed by atoms with Crippen molar-refractivity contribution in [1.82, 2.24) is 25.6 Å². The van der Waals surface area contributed by atoms with E-state index in [0.717, 1.165) is 47.4 Å². The number of anilines is 1. The minimum atomic E-state index is -0.354. The average molecular weight is 411 g/mol. The van der Waals surface area contributed by atoms with E-state index in [-0.39, 0.29) is 17.6 Å². The monoisotopic (exact) mass is 410 g/mol. The zero-order chi connectivity index (χ0) is 20.7. The van der Waals surface area contributed by atoms with Crippen LogP contribution in [0.2, 0.25) is 0 Å². The van der Waals surface area contributed by atoms with Crippen LogP contribution in [0.1, 0.15) is 64.4 Å². The van der Waals surface area contributed by atoms with Crippen LogP contribution in [0.5, 0.6) is 0 Å². The standard InChI is InChI=1S/C22H30N6O2/c1-3-28-21-18(13-24-28)20(26-15-7-5-4-6-8-15)17(12-23-21)19-11-22(30-27-19)9-16(10-22)25-14(2)29/h11-13,15-16,27H,3-10H2,1-2H3,(H,23,26)(H,25,29). The molecule has 3 N–H and O–H groups in total. The molecular weight excluding hydrogens is 380 g/mol. The molecule has 30 heavy (non-hydrogen) atoms. The number of hydrogen-bond acceptors (Lipinski definition) is 6. The molecule has 8 heteroatoms. The predicted molar refractivity (Wildman–Crippen MR) is 115 cm³/mol. The number of fused-ring (bicyclic) bond motifs is 1. The molecular formula is C22H30N6O2. The number of hydrogen-bond donors (Lipinski definition) is 3. The van der Waals surface area contributed by atoms with Gasteiger partial charge in [0.2, 0.25) is 5.91 Å². The number of aromatic nitrogens is 3. The fraction of sp³-hybridized carbons (Fsp3) is 0.591. The fourth-order valence-corrected chi connectivity index (χ4v) is 5.05. The minimum absolute atomic E-state index is 0.00608. The van der Waals surface area contributed by atoms with Crippen molar-refractivity contribution in [2.45, 2.75) is 83.0 Å². The Bertz CT molecular complexity index is 985. The first-order chi connectivity index (χ1) is 14.6. The number of pyridine rings is 1. The zero-order valence-electron chi connectivity index (χ0n) is 17.7. The number of carbonyl (C=O) groups excluding carboxylic acids is 1. The SMILES string of the molecule is CCn1ncc2c(NC3CCCCC3)c(C3=CC4(CC(NC(C)=O)C4)ON3)cnc21. The molecule has 2 saturated carbocycles. The normalized spacial score (nSPS) is 26.3. The molecule has 0 unspecified atom stereocenters. The topological polar surface area (TPSA) is 93.1 Å². The van der Waals surface area contributed by atoms with Gasteiger partial charge in [-0.25, -0.2) is 9.67 Å². The Labute approximate surface area is 176 Å². The van der Waals surface area contributed by atoms with Crippen LogP contribution < -0.4 is 16.1 Å². The van der Waals surface area contributed by atoms with Gasteiger partial charge >= 0.3 is 0 Å². The smallest absolute Gasteiger partial charge is 0.217 e.